The van der Waals surface area contributed by atoms with E-state index in [-0.39, 0.29) is 0 Å². The van der Waals surface area contributed by atoms with Crippen molar-refractivity contribution in [2.24, 2.45) is 7.05 Å². The van der Waals surface area contributed by atoms with Gasteiger partial charge < -0.3 is 0 Å². The minimum atomic E-state index is -2.03. The van der Waals surface area contributed by atoms with Crippen LogP contribution in [0, 0.1) is 20.8 Å². The van der Waals surface area contributed by atoms with Crippen molar-refractivity contribution >= 4 is 66.7 Å². The van der Waals surface area contributed by atoms with Gasteiger partial charge in [0.25, 0.3) is 0 Å². The van der Waals surface area contributed by atoms with Gasteiger partial charge in [-0.3, -0.25) is 0 Å². The second-order valence-corrected chi connectivity index (χ2v) is 21.1. The summed E-state index contributed by atoms with van der Waals surface area (Å²) in [4.78, 5) is 0. The molecule has 3 aromatic heterocycles. The molecule has 0 bridgehead atoms. The first kappa shape index (κ1) is 19.1. The van der Waals surface area contributed by atoms with Crippen LogP contribution >= 0.6 is 0 Å². The molecule has 0 amide bonds. The fourth-order valence-corrected chi connectivity index (χ4v) is 8.08. The van der Waals surface area contributed by atoms with E-state index < -0.39 is 13.3 Å². The molecule has 0 atom stereocenters. The van der Waals surface area contributed by atoms with Gasteiger partial charge in [-0.2, -0.15) is 0 Å². The second kappa shape index (κ2) is 6.01. The molecule has 0 radical (unpaired) electrons. The van der Waals surface area contributed by atoms with Crippen LogP contribution in [0.1, 0.15) is 16.7 Å². The molecule has 0 aliphatic carbocycles. The summed E-state index contributed by atoms with van der Waals surface area (Å²) >= 11 is -2.03. The van der Waals surface area contributed by atoms with Gasteiger partial charge in [0, 0.05) is 0 Å². The third-order valence-electron chi connectivity index (χ3n) is 7.13. The number of nitrogens with zero attached hydrogens (tertiary/aromatic N) is 2. The normalized spacial score (nSPS) is 13.0. The summed E-state index contributed by atoms with van der Waals surface area (Å²) in [7, 11) is 2.19. The number of aryl methyl sites for hydroxylation is 4. The average Bonchev–Trinajstić information content (AvgIpc) is 3.02. The van der Waals surface area contributed by atoms with Crippen molar-refractivity contribution < 1.29 is 4.57 Å². The SMILES string of the molecule is Cc1cc(C)c2c(c1)c1ccc(C)c3c1n2c1c[c]([Ge]([CH3])([CH3])[CH3])cc2cc[n+](C)c3c21. The van der Waals surface area contributed by atoms with Crippen molar-refractivity contribution in [3.05, 3.63) is 65.4 Å². The number of aromatic nitrogens is 2. The Morgan fingerprint density at radius 2 is 1.55 bits per heavy atom. The van der Waals surface area contributed by atoms with Gasteiger partial charge in [0.1, 0.15) is 0 Å². The van der Waals surface area contributed by atoms with Gasteiger partial charge in [-0.1, -0.05) is 0 Å². The van der Waals surface area contributed by atoms with Crippen LogP contribution in [0.3, 0.4) is 0 Å². The Morgan fingerprint density at radius 3 is 2.29 bits per heavy atom. The number of hydrogen-bond acceptors (Lipinski definition) is 0. The first-order valence-electron chi connectivity index (χ1n) is 11.2. The van der Waals surface area contributed by atoms with E-state index in [9.17, 15) is 0 Å². The molecule has 3 heteroatoms. The van der Waals surface area contributed by atoms with Crippen LogP contribution in [0.25, 0.3) is 49.0 Å². The van der Waals surface area contributed by atoms with Gasteiger partial charge in [-0.25, -0.2) is 0 Å². The summed E-state index contributed by atoms with van der Waals surface area (Å²) in [5, 5.41) is 6.89. The summed E-state index contributed by atoms with van der Waals surface area (Å²) < 4.78 is 6.48. The predicted molar refractivity (Wildman–Crippen MR) is 137 cm³/mol. The Morgan fingerprint density at radius 1 is 0.774 bits per heavy atom. The number of benzene rings is 3. The van der Waals surface area contributed by atoms with Gasteiger partial charge >= 0.3 is 186 Å². The molecule has 6 rings (SSSR count). The van der Waals surface area contributed by atoms with E-state index in [1.807, 2.05) is 0 Å². The maximum atomic E-state index is 2.59. The van der Waals surface area contributed by atoms with Crippen molar-refractivity contribution in [3.8, 4) is 0 Å². The Kier molecular flexibility index (Phi) is 3.71. The van der Waals surface area contributed by atoms with E-state index >= 15 is 0 Å². The number of fused-ring (bicyclic) bond motifs is 5. The number of rotatable bonds is 1. The Balaban J connectivity index is 2.08. The molecule has 3 heterocycles. The fourth-order valence-electron chi connectivity index (χ4n) is 5.65. The van der Waals surface area contributed by atoms with Crippen molar-refractivity contribution in [2.75, 3.05) is 0 Å². The van der Waals surface area contributed by atoms with E-state index in [2.05, 4.69) is 103 Å². The first-order chi connectivity index (χ1) is 14.7. The van der Waals surface area contributed by atoms with Crippen molar-refractivity contribution in [1.82, 2.24) is 4.40 Å². The summed E-state index contributed by atoms with van der Waals surface area (Å²) in [5.41, 5.74) is 9.49. The molecule has 0 N–H and O–H groups in total. The van der Waals surface area contributed by atoms with Gasteiger partial charge in [-0.15, -0.1) is 0 Å². The molecule has 2 nitrogen and oxygen atoms in total. The molecule has 6 aromatic rings. The van der Waals surface area contributed by atoms with Crippen LogP contribution in [0.2, 0.25) is 17.3 Å². The Labute approximate surface area is 185 Å². The second-order valence-electron chi connectivity index (χ2n) is 10.5. The minimum absolute atomic E-state index is 1.33. The van der Waals surface area contributed by atoms with Crippen LogP contribution in [0.5, 0.6) is 0 Å². The van der Waals surface area contributed by atoms with Gasteiger partial charge in [0.15, 0.2) is 0 Å². The van der Waals surface area contributed by atoms with E-state index in [1.54, 1.807) is 4.40 Å². The zero-order chi connectivity index (χ0) is 21.8. The van der Waals surface area contributed by atoms with Crippen LogP contribution in [-0.2, 0) is 7.05 Å². The molecule has 0 saturated carbocycles. The molecule has 0 fully saturated rings. The summed E-state index contributed by atoms with van der Waals surface area (Å²) in [6.45, 7) is 6.75. The van der Waals surface area contributed by atoms with Crippen LogP contribution in [-0.4, -0.2) is 17.7 Å². The molecule has 0 spiro atoms. The van der Waals surface area contributed by atoms with Gasteiger partial charge in [0.2, 0.25) is 0 Å². The zero-order valence-corrected chi connectivity index (χ0v) is 21.6. The molecule has 0 saturated heterocycles. The van der Waals surface area contributed by atoms with Gasteiger partial charge in [-0.05, 0) is 0 Å². The van der Waals surface area contributed by atoms with Crippen LogP contribution in [0.4, 0.5) is 0 Å². The molecule has 0 aliphatic rings. The molecule has 3 aromatic carbocycles. The van der Waals surface area contributed by atoms with E-state index in [0.717, 1.165) is 0 Å². The predicted octanol–water partition coefficient (Wildman–Crippen LogP) is 6.28. The number of pyridine rings is 2. The van der Waals surface area contributed by atoms with Crippen molar-refractivity contribution in [2.45, 2.75) is 38.0 Å². The van der Waals surface area contributed by atoms with Crippen molar-refractivity contribution in [1.29, 1.82) is 0 Å². The monoisotopic (exact) mass is 467 g/mol. The molecule has 0 unspecified atom stereocenters. The molecule has 0 aliphatic heterocycles. The molecular formula is C28H29GeN2+. The van der Waals surface area contributed by atoms with E-state index in [4.69, 9.17) is 0 Å². The average molecular weight is 466 g/mol. The van der Waals surface area contributed by atoms with Crippen LogP contribution in [0.15, 0.2) is 48.7 Å². The third-order valence-corrected chi connectivity index (χ3v) is 11.4. The summed E-state index contributed by atoms with van der Waals surface area (Å²) in [6, 6.07) is 16.7. The maximum absolute atomic E-state index is 2.59. The Hall–Kier alpha value is -2.59. The third kappa shape index (κ3) is 2.43. The molecular weight excluding hydrogens is 437 g/mol. The van der Waals surface area contributed by atoms with E-state index in [1.165, 1.54) is 65.7 Å². The molecule has 31 heavy (non-hydrogen) atoms. The standard InChI is InChI=1S/C28H29GeN2/c1-16-12-18(3)26-22(13-16)21-9-8-17(2)24-27(21)31(26)23-15-20(29(4,5)6)14-19-10-11-30(7)28(24)25(19)23/h8-15H,1-7H3/q+1. The Bertz CT molecular complexity index is 1700. The van der Waals surface area contributed by atoms with Crippen LogP contribution < -0.4 is 8.96 Å². The van der Waals surface area contributed by atoms with Gasteiger partial charge in [0.05, 0.1) is 0 Å². The quantitative estimate of drug-likeness (QED) is 0.117. The van der Waals surface area contributed by atoms with Crippen molar-refractivity contribution in [3.63, 3.8) is 0 Å². The summed E-state index contributed by atoms with van der Waals surface area (Å²) in [5.74, 6) is 7.49. The number of hydrogen-bond donors (Lipinski definition) is 0. The topological polar surface area (TPSA) is 8.29 Å². The molecule has 154 valence electrons. The zero-order valence-electron chi connectivity index (χ0n) is 19.5. The fraction of sp³-hybridized carbons (Fsp3) is 0.250. The summed E-state index contributed by atoms with van der Waals surface area (Å²) in [6.07, 6.45) is 2.24. The van der Waals surface area contributed by atoms with E-state index in [0.29, 0.717) is 0 Å². The first-order valence-corrected chi connectivity index (χ1v) is 18.5.